The predicted octanol–water partition coefficient (Wildman–Crippen LogP) is 1.44. The van der Waals surface area contributed by atoms with E-state index in [-0.39, 0.29) is 0 Å². The van der Waals surface area contributed by atoms with Gasteiger partial charge in [-0.2, -0.15) is 10.4 Å². The van der Waals surface area contributed by atoms with Crippen LogP contribution in [0.15, 0.2) is 24.5 Å². The number of nitriles is 1. The van der Waals surface area contributed by atoms with Crippen molar-refractivity contribution in [3.8, 4) is 11.9 Å². The van der Waals surface area contributed by atoms with E-state index in [1.807, 2.05) is 0 Å². The number of aryl methyl sites for hydroxylation is 1. The van der Waals surface area contributed by atoms with Crippen LogP contribution in [0.5, 0.6) is 5.88 Å². The molecule has 2 rings (SSSR count). The molecule has 0 unspecified atom stereocenters. The van der Waals surface area contributed by atoms with Crippen molar-refractivity contribution in [2.24, 2.45) is 7.05 Å². The molecule has 0 aliphatic heterocycles. The van der Waals surface area contributed by atoms with E-state index in [9.17, 15) is 0 Å². The molecule has 0 spiro atoms. The summed E-state index contributed by atoms with van der Waals surface area (Å²) in [6, 6.07) is 5.47. The Kier molecular flexibility index (Phi) is 2.92. The van der Waals surface area contributed by atoms with Crippen LogP contribution < -0.4 is 10.1 Å². The van der Waals surface area contributed by atoms with Crippen molar-refractivity contribution in [1.29, 1.82) is 5.26 Å². The second-order valence-electron chi connectivity index (χ2n) is 3.35. The molecule has 0 atom stereocenters. The lowest BCUT2D eigenvalue weighted by Gasteiger charge is -2.02. The normalized spacial score (nSPS) is 9.71. The molecule has 2 aromatic heterocycles. The first-order valence-electron chi connectivity index (χ1n) is 4.93. The van der Waals surface area contributed by atoms with Crippen molar-refractivity contribution in [2.75, 3.05) is 12.4 Å². The third kappa shape index (κ3) is 2.18. The van der Waals surface area contributed by atoms with Crippen LogP contribution in [0.4, 0.5) is 11.5 Å². The van der Waals surface area contributed by atoms with Crippen molar-refractivity contribution >= 4 is 11.5 Å². The fraction of sp³-hybridized carbons (Fsp3) is 0.182. The quantitative estimate of drug-likeness (QED) is 0.861. The van der Waals surface area contributed by atoms with Crippen LogP contribution in [0, 0.1) is 11.3 Å². The summed E-state index contributed by atoms with van der Waals surface area (Å²) in [6.07, 6.45) is 3.16. The van der Waals surface area contributed by atoms with Crippen molar-refractivity contribution < 1.29 is 4.74 Å². The molecule has 2 aromatic rings. The van der Waals surface area contributed by atoms with Crippen LogP contribution in [-0.2, 0) is 7.05 Å². The number of hydrogen-bond acceptors (Lipinski definition) is 5. The molecular weight excluding hydrogens is 218 g/mol. The van der Waals surface area contributed by atoms with E-state index in [2.05, 4.69) is 21.5 Å². The minimum Gasteiger partial charge on any atom is -0.481 e. The number of aromatic nitrogens is 3. The van der Waals surface area contributed by atoms with Crippen molar-refractivity contribution in [2.45, 2.75) is 0 Å². The first kappa shape index (κ1) is 11.0. The minimum absolute atomic E-state index is 0.518. The molecule has 0 radical (unpaired) electrons. The number of anilines is 2. The van der Waals surface area contributed by atoms with Crippen LogP contribution in [-0.4, -0.2) is 21.9 Å². The van der Waals surface area contributed by atoms with Gasteiger partial charge >= 0.3 is 0 Å². The van der Waals surface area contributed by atoms with E-state index in [0.29, 0.717) is 22.9 Å². The summed E-state index contributed by atoms with van der Waals surface area (Å²) in [4.78, 5) is 3.96. The molecule has 0 bridgehead atoms. The molecule has 17 heavy (non-hydrogen) atoms. The Balaban J connectivity index is 2.29. The molecule has 0 aliphatic rings. The molecule has 0 saturated heterocycles. The molecule has 0 amide bonds. The highest BCUT2D eigenvalue weighted by atomic mass is 16.5. The van der Waals surface area contributed by atoms with Gasteiger partial charge in [-0.1, -0.05) is 0 Å². The highest BCUT2D eigenvalue weighted by molar-refractivity contribution is 5.63. The van der Waals surface area contributed by atoms with E-state index >= 15 is 0 Å². The molecule has 0 fully saturated rings. The Morgan fingerprint density at radius 1 is 1.53 bits per heavy atom. The molecule has 0 saturated carbocycles. The Labute approximate surface area is 98.5 Å². The Morgan fingerprint density at radius 3 is 3.00 bits per heavy atom. The largest absolute Gasteiger partial charge is 0.481 e. The molecule has 86 valence electrons. The van der Waals surface area contributed by atoms with Gasteiger partial charge in [-0.05, 0) is 6.07 Å². The molecule has 6 heteroatoms. The van der Waals surface area contributed by atoms with Crippen molar-refractivity contribution in [3.63, 3.8) is 0 Å². The third-order valence-corrected chi connectivity index (χ3v) is 2.25. The van der Waals surface area contributed by atoms with Gasteiger partial charge in [0, 0.05) is 19.3 Å². The fourth-order valence-electron chi connectivity index (χ4n) is 1.43. The van der Waals surface area contributed by atoms with Gasteiger partial charge in [0.2, 0.25) is 5.88 Å². The Morgan fingerprint density at radius 2 is 2.35 bits per heavy atom. The zero-order valence-electron chi connectivity index (χ0n) is 9.51. The summed E-state index contributed by atoms with van der Waals surface area (Å²) in [7, 11) is 3.35. The van der Waals surface area contributed by atoms with E-state index in [4.69, 9.17) is 10.00 Å². The summed E-state index contributed by atoms with van der Waals surface area (Å²) < 4.78 is 6.70. The first-order valence-corrected chi connectivity index (χ1v) is 4.93. The smallest absolute Gasteiger partial charge is 0.213 e. The molecule has 2 heterocycles. The maximum absolute atomic E-state index is 8.93. The zero-order valence-corrected chi connectivity index (χ0v) is 9.51. The summed E-state index contributed by atoms with van der Waals surface area (Å²) in [5, 5.41) is 16.2. The standard InChI is InChI=1S/C11H11N5O/c1-16-11(17-2)5-10(15-16)14-9-7-13-4-3-8(9)6-12/h3-5,7H,1-2H3,(H,14,15). The Hall–Kier alpha value is -2.55. The van der Waals surface area contributed by atoms with Crippen LogP contribution in [0.3, 0.4) is 0 Å². The molecule has 6 nitrogen and oxygen atoms in total. The lowest BCUT2D eigenvalue weighted by Crippen LogP contribution is -1.97. The van der Waals surface area contributed by atoms with Gasteiger partial charge in [-0.3, -0.25) is 4.98 Å². The van der Waals surface area contributed by atoms with Crippen LogP contribution in [0.25, 0.3) is 0 Å². The van der Waals surface area contributed by atoms with Crippen LogP contribution in [0.2, 0.25) is 0 Å². The molecule has 1 N–H and O–H groups in total. The number of nitrogens with zero attached hydrogens (tertiary/aromatic N) is 4. The van der Waals surface area contributed by atoms with Crippen LogP contribution in [0.1, 0.15) is 5.56 Å². The van der Waals surface area contributed by atoms with Crippen molar-refractivity contribution in [3.05, 3.63) is 30.1 Å². The number of rotatable bonds is 3. The van der Waals surface area contributed by atoms with Gasteiger partial charge in [0.15, 0.2) is 5.82 Å². The van der Waals surface area contributed by atoms with Crippen molar-refractivity contribution in [1.82, 2.24) is 14.8 Å². The predicted molar refractivity (Wildman–Crippen MR) is 62.0 cm³/mol. The number of methoxy groups -OCH3 is 1. The highest BCUT2D eigenvalue weighted by Gasteiger charge is 2.07. The lowest BCUT2D eigenvalue weighted by atomic mass is 10.2. The van der Waals surface area contributed by atoms with E-state index in [0.717, 1.165) is 0 Å². The van der Waals surface area contributed by atoms with Gasteiger partial charge in [-0.15, -0.1) is 0 Å². The molecule has 0 aromatic carbocycles. The highest BCUT2D eigenvalue weighted by Crippen LogP contribution is 2.21. The maximum Gasteiger partial charge on any atom is 0.213 e. The first-order chi connectivity index (χ1) is 8.24. The summed E-state index contributed by atoms with van der Waals surface area (Å²) in [5.74, 6) is 1.24. The van der Waals surface area contributed by atoms with Crippen LogP contribution >= 0.6 is 0 Å². The fourth-order valence-corrected chi connectivity index (χ4v) is 1.43. The van der Waals surface area contributed by atoms with E-state index < -0.39 is 0 Å². The minimum atomic E-state index is 0.518. The number of pyridine rings is 1. The van der Waals surface area contributed by atoms with E-state index in [1.165, 1.54) is 0 Å². The Bertz CT molecular complexity index is 569. The molecule has 0 aliphatic carbocycles. The molecular formula is C11H11N5O. The zero-order chi connectivity index (χ0) is 12.3. The third-order valence-electron chi connectivity index (χ3n) is 2.25. The maximum atomic E-state index is 8.93. The average molecular weight is 229 g/mol. The SMILES string of the molecule is COc1cc(Nc2cnccc2C#N)nn1C. The summed E-state index contributed by atoms with van der Waals surface area (Å²) in [5.41, 5.74) is 1.14. The number of ether oxygens (including phenoxy) is 1. The number of nitrogens with one attached hydrogen (secondary N) is 1. The average Bonchev–Trinajstić information content (AvgIpc) is 2.70. The van der Waals surface area contributed by atoms with Gasteiger partial charge < -0.3 is 10.1 Å². The van der Waals surface area contributed by atoms with E-state index in [1.54, 1.807) is 43.4 Å². The monoisotopic (exact) mass is 229 g/mol. The second-order valence-corrected chi connectivity index (χ2v) is 3.35. The van der Waals surface area contributed by atoms with Gasteiger partial charge in [0.05, 0.1) is 24.6 Å². The summed E-state index contributed by atoms with van der Waals surface area (Å²) in [6.45, 7) is 0. The number of hydrogen-bond donors (Lipinski definition) is 1. The lowest BCUT2D eigenvalue weighted by molar-refractivity contribution is 0.373. The van der Waals surface area contributed by atoms with Gasteiger partial charge in [0.25, 0.3) is 0 Å². The topological polar surface area (TPSA) is 75.8 Å². The van der Waals surface area contributed by atoms with Gasteiger partial charge in [-0.25, -0.2) is 4.68 Å². The summed E-state index contributed by atoms with van der Waals surface area (Å²) >= 11 is 0. The second kappa shape index (κ2) is 4.53. The van der Waals surface area contributed by atoms with Gasteiger partial charge in [0.1, 0.15) is 6.07 Å².